The first-order chi connectivity index (χ1) is 12.0. The van der Waals surface area contributed by atoms with Crippen LogP contribution >= 0.6 is 0 Å². The Hall–Kier alpha value is -2.70. The van der Waals surface area contributed by atoms with Crippen molar-refractivity contribution in [3.05, 3.63) is 40.5 Å². The molecule has 3 aromatic heterocycles. The molecule has 0 unspecified atom stereocenters. The third-order valence-corrected chi connectivity index (χ3v) is 4.96. The van der Waals surface area contributed by atoms with E-state index < -0.39 is 0 Å². The molecule has 1 amide bonds. The van der Waals surface area contributed by atoms with Gasteiger partial charge in [0.05, 0.1) is 28.9 Å². The molecular weight excluding hydrogens is 318 g/mol. The number of rotatable bonds is 4. The second kappa shape index (κ2) is 5.68. The fraction of sp³-hybridized carbons (Fsp3) is 0.444. The molecule has 4 rings (SSSR count). The first-order valence-corrected chi connectivity index (χ1v) is 8.52. The average Bonchev–Trinajstić information content (AvgIpc) is 3.30. The topological polar surface area (TPSA) is 85.8 Å². The van der Waals surface area contributed by atoms with Gasteiger partial charge in [0.1, 0.15) is 0 Å². The van der Waals surface area contributed by atoms with Gasteiger partial charge < -0.3 is 9.84 Å². The fourth-order valence-corrected chi connectivity index (χ4v) is 3.17. The van der Waals surface area contributed by atoms with Crippen LogP contribution in [0.5, 0.6) is 0 Å². The van der Waals surface area contributed by atoms with Crippen molar-refractivity contribution in [3.63, 3.8) is 0 Å². The Kier molecular flexibility index (Phi) is 3.59. The Balaban J connectivity index is 1.69. The second-order valence-electron chi connectivity index (χ2n) is 6.82. The predicted octanol–water partition coefficient (Wildman–Crippen LogP) is 2.94. The van der Waals surface area contributed by atoms with E-state index >= 15 is 0 Å². The molecule has 3 heterocycles. The maximum Gasteiger partial charge on any atom is 0.259 e. The summed E-state index contributed by atoms with van der Waals surface area (Å²) in [6.07, 6.45) is 4.01. The highest BCUT2D eigenvalue weighted by molar-refractivity contribution is 6.06. The van der Waals surface area contributed by atoms with Gasteiger partial charge in [-0.05, 0) is 39.7 Å². The van der Waals surface area contributed by atoms with Crippen LogP contribution in [0.1, 0.15) is 64.7 Å². The molecule has 1 aliphatic carbocycles. The summed E-state index contributed by atoms with van der Waals surface area (Å²) in [5.74, 6) is 0.288. The zero-order chi connectivity index (χ0) is 17.7. The summed E-state index contributed by atoms with van der Waals surface area (Å²) < 4.78 is 7.12. The normalized spacial score (nSPS) is 15.5. The molecule has 1 fully saturated rings. The molecule has 25 heavy (non-hydrogen) atoms. The van der Waals surface area contributed by atoms with E-state index in [1.165, 1.54) is 0 Å². The lowest BCUT2D eigenvalue weighted by Crippen LogP contribution is -2.27. The number of fused-ring (bicyclic) bond motifs is 1. The van der Waals surface area contributed by atoms with Crippen LogP contribution in [-0.4, -0.2) is 25.8 Å². The lowest BCUT2D eigenvalue weighted by molar-refractivity contribution is 0.0941. The molecule has 1 N–H and O–H groups in total. The molecule has 0 radical (unpaired) electrons. The van der Waals surface area contributed by atoms with Gasteiger partial charge in [-0.2, -0.15) is 5.10 Å². The maximum atomic E-state index is 13.0. The molecule has 0 spiro atoms. The number of amides is 1. The van der Waals surface area contributed by atoms with E-state index in [0.717, 1.165) is 29.8 Å². The quantitative estimate of drug-likeness (QED) is 0.790. The minimum Gasteiger partial charge on any atom is -0.345 e. The minimum atomic E-state index is -0.144. The Morgan fingerprint density at radius 2 is 2.16 bits per heavy atom. The third kappa shape index (κ3) is 2.69. The van der Waals surface area contributed by atoms with Crippen molar-refractivity contribution in [2.45, 2.75) is 45.6 Å². The van der Waals surface area contributed by atoms with Crippen LogP contribution in [0.4, 0.5) is 0 Å². The van der Waals surface area contributed by atoms with Crippen LogP contribution in [-0.2, 0) is 7.05 Å². The first-order valence-electron chi connectivity index (χ1n) is 8.52. The van der Waals surface area contributed by atoms with E-state index in [4.69, 9.17) is 4.52 Å². The molecule has 7 nitrogen and oxygen atoms in total. The highest BCUT2D eigenvalue weighted by atomic mass is 16.5. The molecule has 1 atom stereocenters. The van der Waals surface area contributed by atoms with E-state index in [1.54, 1.807) is 10.9 Å². The van der Waals surface area contributed by atoms with Crippen LogP contribution < -0.4 is 5.32 Å². The van der Waals surface area contributed by atoms with Crippen molar-refractivity contribution in [1.82, 2.24) is 25.2 Å². The molecule has 0 bridgehead atoms. The molecule has 7 heteroatoms. The Bertz CT molecular complexity index is 967. The maximum absolute atomic E-state index is 13.0. The van der Waals surface area contributed by atoms with Gasteiger partial charge in [0.25, 0.3) is 11.6 Å². The third-order valence-electron chi connectivity index (χ3n) is 4.96. The fourth-order valence-electron chi connectivity index (χ4n) is 3.17. The number of aromatic nitrogens is 4. The van der Waals surface area contributed by atoms with E-state index in [1.807, 2.05) is 33.9 Å². The summed E-state index contributed by atoms with van der Waals surface area (Å²) in [4.78, 5) is 17.5. The predicted molar refractivity (Wildman–Crippen MR) is 92.3 cm³/mol. The number of nitrogens with zero attached hydrogens (tertiary/aromatic N) is 4. The lowest BCUT2D eigenvalue weighted by atomic mass is 10.1. The van der Waals surface area contributed by atoms with E-state index in [9.17, 15) is 4.79 Å². The van der Waals surface area contributed by atoms with Crippen molar-refractivity contribution in [2.24, 2.45) is 7.05 Å². The van der Waals surface area contributed by atoms with Gasteiger partial charge in [-0.15, -0.1) is 0 Å². The molecular formula is C18H21N5O2. The summed E-state index contributed by atoms with van der Waals surface area (Å²) in [5.41, 5.74) is 4.66. The van der Waals surface area contributed by atoms with Crippen LogP contribution in [0.25, 0.3) is 11.1 Å². The van der Waals surface area contributed by atoms with Gasteiger partial charge in [0.15, 0.2) is 0 Å². The van der Waals surface area contributed by atoms with Crippen molar-refractivity contribution >= 4 is 17.0 Å². The van der Waals surface area contributed by atoms with Gasteiger partial charge >= 0.3 is 0 Å². The van der Waals surface area contributed by atoms with Gasteiger partial charge in [-0.25, -0.2) is 4.98 Å². The summed E-state index contributed by atoms with van der Waals surface area (Å²) in [6.45, 7) is 5.78. The molecule has 0 aromatic carbocycles. The van der Waals surface area contributed by atoms with Gasteiger partial charge in [0.2, 0.25) is 0 Å². The summed E-state index contributed by atoms with van der Waals surface area (Å²) in [5, 5.41) is 12.0. The first kappa shape index (κ1) is 15.8. The number of hydrogen-bond acceptors (Lipinski definition) is 5. The second-order valence-corrected chi connectivity index (χ2v) is 6.82. The highest BCUT2D eigenvalue weighted by Crippen LogP contribution is 2.40. The Morgan fingerprint density at radius 3 is 2.80 bits per heavy atom. The molecule has 1 aliphatic rings. The number of hydrogen-bond donors (Lipinski definition) is 1. The smallest absolute Gasteiger partial charge is 0.259 e. The van der Waals surface area contributed by atoms with Crippen LogP contribution in [0.3, 0.4) is 0 Å². The monoisotopic (exact) mass is 339 g/mol. The molecule has 1 saturated carbocycles. The standard InChI is InChI=1S/C18H21N5O2/c1-9(14-8-19-23(4)11(14)3)20-17(24)13-7-15(12-5-6-12)21-18-16(13)10(2)22-25-18/h7-9,12H,5-6H2,1-4H3,(H,20,24)/t9-/m0/s1. The van der Waals surface area contributed by atoms with Gasteiger partial charge in [-0.1, -0.05) is 5.16 Å². The number of carbonyl (C=O) groups excluding carboxylic acids is 1. The van der Waals surface area contributed by atoms with E-state index in [0.29, 0.717) is 28.3 Å². The van der Waals surface area contributed by atoms with Crippen molar-refractivity contribution in [3.8, 4) is 0 Å². The SMILES string of the molecule is Cc1noc2nc(C3CC3)cc(C(=O)N[C@@H](C)c3cnn(C)c3C)c12. The average molecular weight is 339 g/mol. The van der Waals surface area contributed by atoms with Crippen molar-refractivity contribution in [1.29, 1.82) is 0 Å². The summed E-state index contributed by atoms with van der Waals surface area (Å²) >= 11 is 0. The molecule has 3 aromatic rings. The molecule has 0 aliphatic heterocycles. The molecule has 0 saturated heterocycles. The largest absolute Gasteiger partial charge is 0.345 e. The zero-order valence-electron chi connectivity index (χ0n) is 14.8. The molecule has 130 valence electrons. The van der Waals surface area contributed by atoms with Crippen LogP contribution in [0.15, 0.2) is 16.8 Å². The summed E-state index contributed by atoms with van der Waals surface area (Å²) in [7, 11) is 1.89. The van der Waals surface area contributed by atoms with Gasteiger partial charge in [-0.3, -0.25) is 9.48 Å². The van der Waals surface area contributed by atoms with E-state index in [2.05, 4.69) is 20.6 Å². The van der Waals surface area contributed by atoms with E-state index in [-0.39, 0.29) is 11.9 Å². The highest BCUT2D eigenvalue weighted by Gasteiger charge is 2.29. The zero-order valence-corrected chi connectivity index (χ0v) is 14.8. The van der Waals surface area contributed by atoms with Crippen molar-refractivity contribution < 1.29 is 9.32 Å². The Morgan fingerprint density at radius 1 is 1.40 bits per heavy atom. The Labute approximate surface area is 145 Å². The number of nitrogens with one attached hydrogen (secondary N) is 1. The number of carbonyl (C=O) groups is 1. The van der Waals surface area contributed by atoms with Gasteiger partial charge in [0, 0.05) is 29.9 Å². The summed E-state index contributed by atoms with van der Waals surface area (Å²) in [6, 6.07) is 1.75. The van der Waals surface area contributed by atoms with Crippen LogP contribution in [0, 0.1) is 13.8 Å². The van der Waals surface area contributed by atoms with Crippen molar-refractivity contribution in [2.75, 3.05) is 0 Å². The number of aryl methyl sites for hydroxylation is 2. The minimum absolute atomic E-state index is 0.142. The number of pyridine rings is 1. The lowest BCUT2D eigenvalue weighted by Gasteiger charge is -2.14. The van der Waals surface area contributed by atoms with Crippen LogP contribution in [0.2, 0.25) is 0 Å².